The van der Waals surface area contributed by atoms with Crippen LogP contribution in [0.4, 0.5) is 18.9 Å². The van der Waals surface area contributed by atoms with Crippen molar-refractivity contribution in [1.82, 2.24) is 9.97 Å². The lowest BCUT2D eigenvalue weighted by Gasteiger charge is -2.13. The minimum Gasteiger partial charge on any atom is -0.481 e. The van der Waals surface area contributed by atoms with E-state index >= 15 is 0 Å². The van der Waals surface area contributed by atoms with Crippen molar-refractivity contribution in [2.75, 3.05) is 12.4 Å². The number of fused-ring (bicyclic) bond motifs is 1. The molecular formula is C22H14F3N5O2. The van der Waals surface area contributed by atoms with Crippen molar-refractivity contribution in [3.63, 3.8) is 0 Å². The first-order valence-electron chi connectivity index (χ1n) is 9.27. The van der Waals surface area contributed by atoms with Crippen LogP contribution < -0.4 is 10.1 Å². The maximum atomic E-state index is 13.4. The van der Waals surface area contributed by atoms with Gasteiger partial charge in [-0.25, -0.2) is 9.97 Å². The van der Waals surface area contributed by atoms with E-state index in [1.807, 2.05) is 0 Å². The van der Waals surface area contributed by atoms with Crippen LogP contribution in [0.15, 0.2) is 53.8 Å². The molecule has 0 bridgehead atoms. The minimum atomic E-state index is -4.84. The van der Waals surface area contributed by atoms with E-state index in [1.54, 1.807) is 42.6 Å². The average Bonchev–Trinajstić information content (AvgIpc) is 3.21. The number of nitrogens with zero attached hydrogens (tertiary/aromatic N) is 4. The molecule has 4 rings (SSSR count). The molecule has 160 valence electrons. The maximum absolute atomic E-state index is 13.4. The lowest BCUT2D eigenvalue weighted by molar-refractivity contribution is -0.138. The molecule has 32 heavy (non-hydrogen) atoms. The highest BCUT2D eigenvalue weighted by molar-refractivity contribution is 6.16. The summed E-state index contributed by atoms with van der Waals surface area (Å²) in [6.45, 7) is 0.429. The number of alkyl halides is 3. The Labute approximate surface area is 180 Å². The van der Waals surface area contributed by atoms with Crippen LogP contribution in [0.5, 0.6) is 5.88 Å². The van der Waals surface area contributed by atoms with Gasteiger partial charge in [0.05, 0.1) is 30.5 Å². The number of hydrogen-bond acceptors (Lipinski definition) is 6. The molecule has 0 saturated carbocycles. The Kier molecular flexibility index (Phi) is 5.32. The van der Waals surface area contributed by atoms with E-state index in [9.17, 15) is 18.0 Å². The van der Waals surface area contributed by atoms with Gasteiger partial charge in [0.2, 0.25) is 5.88 Å². The van der Waals surface area contributed by atoms with Gasteiger partial charge in [0.15, 0.2) is 0 Å². The number of anilines is 1. The zero-order valence-corrected chi connectivity index (χ0v) is 16.6. The predicted octanol–water partition coefficient (Wildman–Crippen LogP) is 3.98. The highest BCUT2D eigenvalue weighted by Crippen LogP contribution is 2.32. The van der Waals surface area contributed by atoms with Crippen LogP contribution in [0.3, 0.4) is 0 Å². The normalized spacial score (nSPS) is 12.5. The molecule has 2 aromatic heterocycles. The summed E-state index contributed by atoms with van der Waals surface area (Å²) in [5, 5.41) is 11.3. The lowest BCUT2D eigenvalue weighted by Crippen LogP contribution is -2.21. The fraction of sp³-hybridized carbons (Fsp3) is 0.136. The van der Waals surface area contributed by atoms with Gasteiger partial charge >= 0.3 is 6.18 Å². The second-order valence-electron chi connectivity index (χ2n) is 6.81. The first kappa shape index (κ1) is 21.0. The number of benzene rings is 1. The number of nitrogens with one attached hydrogen (secondary N) is 1. The molecule has 0 unspecified atom stereocenters. The summed E-state index contributed by atoms with van der Waals surface area (Å²) in [4.78, 5) is 24.8. The number of aromatic nitrogens is 2. The molecule has 0 aliphatic carbocycles. The zero-order chi connectivity index (χ0) is 22.9. The monoisotopic (exact) mass is 437 g/mol. The molecule has 0 spiro atoms. The SMILES string of the molecule is COc1cc(C2=NCc3ccc(NC(=O)c4ncc(C#N)cc4C(F)(F)F)cc32)ccn1. The largest absolute Gasteiger partial charge is 0.481 e. The molecular weight excluding hydrogens is 423 g/mol. The second kappa shape index (κ2) is 8.11. The smallest absolute Gasteiger partial charge is 0.418 e. The number of methoxy groups -OCH3 is 1. The van der Waals surface area contributed by atoms with E-state index in [4.69, 9.17) is 10.00 Å². The van der Waals surface area contributed by atoms with Crippen LogP contribution in [-0.4, -0.2) is 28.7 Å². The van der Waals surface area contributed by atoms with Crippen LogP contribution in [-0.2, 0) is 12.7 Å². The Morgan fingerprint density at radius 2 is 2.00 bits per heavy atom. The van der Waals surface area contributed by atoms with Gasteiger partial charge < -0.3 is 10.1 Å². The fourth-order valence-corrected chi connectivity index (χ4v) is 3.29. The summed E-state index contributed by atoms with van der Waals surface area (Å²) in [5.74, 6) is -0.626. The van der Waals surface area contributed by atoms with Crippen LogP contribution in [0.2, 0.25) is 0 Å². The van der Waals surface area contributed by atoms with Gasteiger partial charge in [0, 0.05) is 35.3 Å². The summed E-state index contributed by atoms with van der Waals surface area (Å²) in [6, 6.07) is 10.6. The van der Waals surface area contributed by atoms with Crippen molar-refractivity contribution in [3.05, 3.63) is 82.3 Å². The summed E-state index contributed by atoms with van der Waals surface area (Å²) in [6.07, 6.45) is -2.34. The quantitative estimate of drug-likeness (QED) is 0.666. The number of nitriles is 1. The van der Waals surface area contributed by atoms with Crippen molar-refractivity contribution in [1.29, 1.82) is 5.26 Å². The molecule has 1 N–H and O–H groups in total. The Balaban J connectivity index is 1.65. The topological polar surface area (TPSA) is 100 Å². The zero-order valence-electron chi connectivity index (χ0n) is 16.6. The van der Waals surface area contributed by atoms with Crippen molar-refractivity contribution in [2.24, 2.45) is 4.99 Å². The van der Waals surface area contributed by atoms with Crippen LogP contribution in [0, 0.1) is 11.3 Å². The van der Waals surface area contributed by atoms with Crippen molar-refractivity contribution >= 4 is 17.3 Å². The third kappa shape index (κ3) is 4.00. The van der Waals surface area contributed by atoms with Gasteiger partial charge in [-0.15, -0.1) is 0 Å². The minimum absolute atomic E-state index is 0.281. The van der Waals surface area contributed by atoms with Gasteiger partial charge in [-0.05, 0) is 29.8 Å². The lowest BCUT2D eigenvalue weighted by atomic mass is 10.00. The van der Waals surface area contributed by atoms with E-state index in [-0.39, 0.29) is 11.3 Å². The molecule has 1 aromatic carbocycles. The third-order valence-electron chi connectivity index (χ3n) is 4.79. The summed E-state index contributed by atoms with van der Waals surface area (Å²) in [7, 11) is 1.50. The molecule has 1 amide bonds. The van der Waals surface area contributed by atoms with Crippen molar-refractivity contribution < 1.29 is 22.7 Å². The predicted molar refractivity (Wildman–Crippen MR) is 108 cm³/mol. The van der Waals surface area contributed by atoms with E-state index < -0.39 is 23.3 Å². The molecule has 1 aliphatic rings. The average molecular weight is 437 g/mol. The molecule has 0 saturated heterocycles. The molecule has 3 heterocycles. The van der Waals surface area contributed by atoms with Gasteiger partial charge in [-0.2, -0.15) is 18.4 Å². The molecule has 0 atom stereocenters. The number of rotatable bonds is 4. The standard InChI is InChI=1S/C22H14F3N5O2/c1-32-18-7-13(4-5-27-18)19-16-8-15(3-2-14(16)11-29-19)30-21(31)20-17(22(23,24)25)6-12(9-26)10-28-20/h2-8,10H,11H2,1H3,(H,30,31). The Morgan fingerprint density at radius 3 is 2.72 bits per heavy atom. The number of carbonyl (C=O) groups excluding carboxylic acids is 1. The fourth-order valence-electron chi connectivity index (χ4n) is 3.29. The summed E-state index contributed by atoms with van der Waals surface area (Å²) < 4.78 is 45.3. The van der Waals surface area contributed by atoms with Gasteiger partial charge in [-0.1, -0.05) is 6.07 Å². The number of amides is 1. The van der Waals surface area contributed by atoms with Gasteiger partial charge in [0.1, 0.15) is 11.8 Å². The van der Waals surface area contributed by atoms with Gasteiger partial charge in [-0.3, -0.25) is 9.79 Å². The molecule has 1 aliphatic heterocycles. The number of halogens is 3. The van der Waals surface area contributed by atoms with Crippen molar-refractivity contribution in [2.45, 2.75) is 12.7 Å². The van der Waals surface area contributed by atoms with E-state index in [0.29, 0.717) is 24.2 Å². The van der Waals surface area contributed by atoms with Gasteiger partial charge in [0.25, 0.3) is 5.91 Å². The second-order valence-corrected chi connectivity index (χ2v) is 6.81. The Hall–Kier alpha value is -4.26. The molecule has 3 aromatic rings. The molecule has 0 radical (unpaired) electrons. The van der Waals surface area contributed by atoms with Crippen LogP contribution in [0.1, 0.15) is 38.3 Å². The van der Waals surface area contributed by atoms with Crippen LogP contribution >= 0.6 is 0 Å². The number of carbonyl (C=O) groups is 1. The highest BCUT2D eigenvalue weighted by Gasteiger charge is 2.36. The number of ether oxygens (including phenoxy) is 1. The maximum Gasteiger partial charge on any atom is 0.418 e. The number of hydrogen-bond donors (Lipinski definition) is 1. The number of aliphatic imine (C=N–C) groups is 1. The van der Waals surface area contributed by atoms with E-state index in [0.717, 1.165) is 22.9 Å². The summed E-state index contributed by atoms with van der Waals surface area (Å²) >= 11 is 0. The molecule has 10 heteroatoms. The molecule has 0 fully saturated rings. The third-order valence-corrected chi connectivity index (χ3v) is 4.79. The number of pyridine rings is 2. The van der Waals surface area contributed by atoms with Crippen LogP contribution in [0.25, 0.3) is 0 Å². The first-order chi connectivity index (χ1) is 15.3. The van der Waals surface area contributed by atoms with Crippen molar-refractivity contribution in [3.8, 4) is 11.9 Å². The Morgan fingerprint density at radius 1 is 1.19 bits per heavy atom. The van der Waals surface area contributed by atoms with E-state index in [2.05, 4.69) is 20.3 Å². The highest BCUT2D eigenvalue weighted by atomic mass is 19.4. The molecule has 7 nitrogen and oxygen atoms in total. The Bertz CT molecular complexity index is 1300. The first-order valence-corrected chi connectivity index (χ1v) is 9.27. The van der Waals surface area contributed by atoms with E-state index in [1.165, 1.54) is 7.11 Å². The summed E-state index contributed by atoms with van der Waals surface area (Å²) in [5.41, 5.74) is 0.951.